The number of amides is 2. The summed E-state index contributed by atoms with van der Waals surface area (Å²) >= 11 is 0. The molecule has 2 amide bonds. The summed E-state index contributed by atoms with van der Waals surface area (Å²) in [7, 11) is 0. The summed E-state index contributed by atoms with van der Waals surface area (Å²) in [6.45, 7) is 1.95. The van der Waals surface area contributed by atoms with Crippen molar-refractivity contribution >= 4 is 29.1 Å². The van der Waals surface area contributed by atoms with Gasteiger partial charge in [-0.15, -0.1) is 0 Å². The van der Waals surface area contributed by atoms with Crippen LogP contribution in [0.5, 0.6) is 0 Å². The molecule has 154 valence electrons. The summed E-state index contributed by atoms with van der Waals surface area (Å²) in [4.78, 5) is 35.9. The summed E-state index contributed by atoms with van der Waals surface area (Å²) in [6, 6.07) is 10.8. The molecule has 0 unspecified atom stereocenters. The minimum Gasteiger partial charge on any atom is -0.368 e. The highest BCUT2D eigenvalue weighted by Gasteiger charge is 2.18. The van der Waals surface area contributed by atoms with E-state index < -0.39 is 17.9 Å². The minimum absolute atomic E-state index is 0.00937. The van der Waals surface area contributed by atoms with Gasteiger partial charge in [0.25, 0.3) is 5.91 Å². The Balaban J connectivity index is 1.84. The Morgan fingerprint density at radius 2 is 1.70 bits per heavy atom. The Hall–Kier alpha value is -4.01. The molecule has 0 saturated carbocycles. The van der Waals surface area contributed by atoms with Crippen molar-refractivity contribution in [2.45, 2.75) is 25.8 Å². The second kappa shape index (κ2) is 9.46. The lowest BCUT2D eigenvalue weighted by molar-refractivity contribution is -0.118. The zero-order valence-electron chi connectivity index (χ0n) is 16.5. The third-order valence-corrected chi connectivity index (χ3v) is 4.41. The first-order valence-electron chi connectivity index (χ1n) is 9.48. The molecule has 3 rings (SSSR count). The average Bonchev–Trinajstić information content (AvgIpc) is 2.74. The van der Waals surface area contributed by atoms with E-state index in [1.165, 1.54) is 6.20 Å². The van der Waals surface area contributed by atoms with E-state index in [4.69, 9.17) is 11.5 Å². The molecule has 1 atom stereocenters. The molecule has 0 aliphatic heterocycles. The van der Waals surface area contributed by atoms with Crippen LogP contribution < -0.4 is 22.1 Å². The molecule has 2 aromatic heterocycles. The van der Waals surface area contributed by atoms with Crippen LogP contribution in [0.2, 0.25) is 0 Å². The molecule has 9 heteroatoms. The Morgan fingerprint density at radius 1 is 1.03 bits per heavy atom. The largest absolute Gasteiger partial charge is 0.368 e. The lowest BCUT2D eigenvalue weighted by Gasteiger charge is -2.16. The lowest BCUT2D eigenvalue weighted by atomic mass is 10.1. The van der Waals surface area contributed by atoms with E-state index >= 15 is 0 Å². The maximum absolute atomic E-state index is 11.8. The van der Waals surface area contributed by atoms with E-state index in [2.05, 4.69) is 25.6 Å². The molecule has 0 saturated heterocycles. The first-order chi connectivity index (χ1) is 14.5. The molecule has 0 aliphatic carbocycles. The fourth-order valence-electron chi connectivity index (χ4n) is 2.91. The molecular formula is C21H23N7O2. The van der Waals surface area contributed by atoms with Gasteiger partial charge in [0, 0.05) is 18.1 Å². The first-order valence-corrected chi connectivity index (χ1v) is 9.48. The molecule has 0 bridgehead atoms. The van der Waals surface area contributed by atoms with E-state index in [1.54, 1.807) is 12.4 Å². The van der Waals surface area contributed by atoms with Crippen LogP contribution in [-0.4, -0.2) is 32.8 Å². The topological polar surface area (TPSA) is 149 Å². The van der Waals surface area contributed by atoms with Crippen LogP contribution in [-0.2, 0) is 4.79 Å². The van der Waals surface area contributed by atoms with Gasteiger partial charge in [0.05, 0.1) is 6.20 Å². The highest BCUT2D eigenvalue weighted by atomic mass is 16.1. The number of hydrogen-bond donors (Lipinski definition) is 4. The lowest BCUT2D eigenvalue weighted by Crippen LogP contribution is -2.35. The van der Waals surface area contributed by atoms with Crippen molar-refractivity contribution in [1.82, 2.24) is 15.0 Å². The van der Waals surface area contributed by atoms with Crippen LogP contribution in [0.15, 0.2) is 55.0 Å². The van der Waals surface area contributed by atoms with Crippen LogP contribution in [0.1, 0.15) is 30.3 Å². The molecule has 1 aromatic carbocycles. The number of primary amides is 2. The quantitative estimate of drug-likeness (QED) is 0.427. The number of pyridine rings is 1. The monoisotopic (exact) mass is 405 g/mol. The van der Waals surface area contributed by atoms with Crippen molar-refractivity contribution in [3.05, 3.63) is 60.7 Å². The number of carbonyl (C=O) groups is 2. The SMILES string of the molecule is CCC[C@@H](Nc1cnc(C(N)=O)c(Nc2ccc(-c3ccncc3)cc2)n1)C(N)=O. The summed E-state index contributed by atoms with van der Waals surface area (Å²) < 4.78 is 0. The number of aromatic nitrogens is 3. The van der Waals surface area contributed by atoms with Crippen LogP contribution in [0.25, 0.3) is 11.1 Å². The number of carbonyl (C=O) groups excluding carboxylic acids is 2. The van der Waals surface area contributed by atoms with Crippen molar-refractivity contribution in [3.63, 3.8) is 0 Å². The molecule has 6 N–H and O–H groups in total. The Bertz CT molecular complexity index is 1020. The average molecular weight is 405 g/mol. The third-order valence-electron chi connectivity index (χ3n) is 4.41. The number of benzene rings is 1. The van der Waals surface area contributed by atoms with Gasteiger partial charge in [-0.3, -0.25) is 14.6 Å². The number of nitrogens with zero attached hydrogens (tertiary/aromatic N) is 3. The maximum atomic E-state index is 11.8. The number of hydrogen-bond acceptors (Lipinski definition) is 7. The van der Waals surface area contributed by atoms with Crippen LogP contribution in [0, 0.1) is 0 Å². The highest BCUT2D eigenvalue weighted by Crippen LogP contribution is 2.24. The van der Waals surface area contributed by atoms with Gasteiger partial charge < -0.3 is 22.1 Å². The van der Waals surface area contributed by atoms with E-state index in [9.17, 15) is 9.59 Å². The van der Waals surface area contributed by atoms with Gasteiger partial charge in [0.1, 0.15) is 11.9 Å². The highest BCUT2D eigenvalue weighted by molar-refractivity contribution is 5.96. The zero-order valence-corrected chi connectivity index (χ0v) is 16.5. The van der Waals surface area contributed by atoms with E-state index in [1.807, 2.05) is 43.3 Å². The zero-order chi connectivity index (χ0) is 21.5. The van der Waals surface area contributed by atoms with E-state index in [0.29, 0.717) is 17.9 Å². The van der Waals surface area contributed by atoms with Gasteiger partial charge in [-0.25, -0.2) is 9.97 Å². The summed E-state index contributed by atoms with van der Waals surface area (Å²) in [5.41, 5.74) is 13.6. The molecule has 0 aliphatic rings. The third kappa shape index (κ3) is 5.07. The number of anilines is 3. The van der Waals surface area contributed by atoms with Crippen molar-refractivity contribution < 1.29 is 9.59 Å². The standard InChI is InChI=1S/C21H23N7O2/c1-2-3-16(19(22)29)27-17-12-25-18(20(23)30)21(28-17)26-15-6-4-13(5-7-15)14-8-10-24-11-9-14/h4-12,16H,2-3H2,1H3,(H2,22,29)(H2,23,30)(H2,26,27,28)/t16-/m1/s1. The second-order valence-electron chi connectivity index (χ2n) is 6.64. The molecule has 2 heterocycles. The predicted molar refractivity (Wildman–Crippen MR) is 115 cm³/mol. The number of nitrogens with two attached hydrogens (primary N) is 2. The maximum Gasteiger partial charge on any atom is 0.271 e. The van der Waals surface area contributed by atoms with Crippen molar-refractivity contribution in [2.24, 2.45) is 11.5 Å². The Labute approximate surface area is 173 Å². The summed E-state index contributed by atoms with van der Waals surface area (Å²) in [6.07, 6.45) is 6.12. The number of nitrogens with one attached hydrogen (secondary N) is 2. The minimum atomic E-state index is -0.718. The van der Waals surface area contributed by atoms with Crippen molar-refractivity contribution in [1.29, 1.82) is 0 Å². The van der Waals surface area contributed by atoms with E-state index in [-0.39, 0.29) is 11.5 Å². The van der Waals surface area contributed by atoms with Gasteiger partial charge in [0.15, 0.2) is 11.5 Å². The molecule has 9 nitrogen and oxygen atoms in total. The first kappa shape index (κ1) is 20.7. The van der Waals surface area contributed by atoms with E-state index in [0.717, 1.165) is 17.5 Å². The fourth-order valence-corrected chi connectivity index (χ4v) is 2.91. The number of rotatable bonds is 9. The molecule has 3 aromatic rings. The molecule has 0 spiro atoms. The van der Waals surface area contributed by atoms with Crippen LogP contribution >= 0.6 is 0 Å². The van der Waals surface area contributed by atoms with Crippen molar-refractivity contribution in [3.8, 4) is 11.1 Å². The smallest absolute Gasteiger partial charge is 0.271 e. The molecular weight excluding hydrogens is 382 g/mol. The van der Waals surface area contributed by atoms with Crippen molar-refractivity contribution in [2.75, 3.05) is 10.6 Å². The van der Waals surface area contributed by atoms with Gasteiger partial charge in [-0.1, -0.05) is 25.5 Å². The Kier molecular flexibility index (Phi) is 6.53. The summed E-state index contributed by atoms with van der Waals surface area (Å²) in [5, 5.41) is 6.02. The normalized spacial score (nSPS) is 11.5. The van der Waals surface area contributed by atoms with Crippen LogP contribution in [0.4, 0.5) is 17.3 Å². The van der Waals surface area contributed by atoms with Gasteiger partial charge in [-0.2, -0.15) is 0 Å². The molecule has 30 heavy (non-hydrogen) atoms. The van der Waals surface area contributed by atoms with Crippen LogP contribution in [0.3, 0.4) is 0 Å². The fraction of sp³-hybridized carbons (Fsp3) is 0.190. The predicted octanol–water partition coefficient (Wildman–Crippen LogP) is 2.45. The van der Waals surface area contributed by atoms with Gasteiger partial charge >= 0.3 is 0 Å². The molecule has 0 radical (unpaired) electrons. The van der Waals surface area contributed by atoms with Gasteiger partial charge in [-0.05, 0) is 41.8 Å². The Morgan fingerprint density at radius 3 is 2.30 bits per heavy atom. The van der Waals surface area contributed by atoms with Gasteiger partial charge in [0.2, 0.25) is 5.91 Å². The second-order valence-corrected chi connectivity index (χ2v) is 6.64. The summed E-state index contributed by atoms with van der Waals surface area (Å²) in [5.74, 6) is -0.708. The molecule has 0 fully saturated rings.